The molecule has 1 amide bonds. The Morgan fingerprint density at radius 2 is 2.10 bits per heavy atom. The molecular formula is C16H26ClN3O. The summed E-state index contributed by atoms with van der Waals surface area (Å²) < 4.78 is 0. The van der Waals surface area contributed by atoms with Crippen molar-refractivity contribution in [2.45, 2.75) is 45.2 Å². The fourth-order valence-corrected chi connectivity index (χ4v) is 2.72. The van der Waals surface area contributed by atoms with Crippen molar-refractivity contribution < 1.29 is 4.79 Å². The van der Waals surface area contributed by atoms with Crippen LogP contribution in [0.4, 0.5) is 0 Å². The van der Waals surface area contributed by atoms with Crippen LogP contribution in [0.1, 0.15) is 44.7 Å². The third-order valence-corrected chi connectivity index (χ3v) is 3.85. The summed E-state index contributed by atoms with van der Waals surface area (Å²) >= 11 is 6.10. The van der Waals surface area contributed by atoms with E-state index in [-0.39, 0.29) is 24.5 Å². The van der Waals surface area contributed by atoms with Crippen LogP contribution < -0.4 is 11.5 Å². The minimum absolute atomic E-state index is 0.0484. The van der Waals surface area contributed by atoms with Gasteiger partial charge in [0.05, 0.1) is 12.6 Å². The lowest BCUT2D eigenvalue weighted by molar-refractivity contribution is -0.119. The van der Waals surface area contributed by atoms with E-state index in [9.17, 15) is 4.79 Å². The molecule has 1 rings (SSSR count). The van der Waals surface area contributed by atoms with Gasteiger partial charge in [-0.1, -0.05) is 44.0 Å². The Balaban J connectivity index is 3.09. The zero-order chi connectivity index (χ0) is 15.8. The van der Waals surface area contributed by atoms with Gasteiger partial charge in [0.15, 0.2) is 0 Å². The monoisotopic (exact) mass is 311 g/mol. The zero-order valence-corrected chi connectivity index (χ0v) is 13.6. The van der Waals surface area contributed by atoms with Crippen LogP contribution in [0.25, 0.3) is 0 Å². The third kappa shape index (κ3) is 5.65. The topological polar surface area (TPSA) is 72.3 Å². The number of rotatable bonds is 9. The van der Waals surface area contributed by atoms with Crippen LogP contribution >= 0.6 is 11.6 Å². The van der Waals surface area contributed by atoms with Crippen LogP contribution in [0.2, 0.25) is 5.02 Å². The fraction of sp³-hybridized carbons (Fsp3) is 0.562. The van der Waals surface area contributed by atoms with Crippen LogP contribution in [0.5, 0.6) is 0 Å². The second-order valence-corrected chi connectivity index (χ2v) is 5.80. The summed E-state index contributed by atoms with van der Waals surface area (Å²) in [5, 5.41) is 0.676. The predicted molar refractivity (Wildman–Crippen MR) is 88.1 cm³/mol. The summed E-state index contributed by atoms with van der Waals surface area (Å²) in [6.45, 7) is 5.18. The van der Waals surface area contributed by atoms with Gasteiger partial charge in [-0.05, 0) is 37.1 Å². The lowest BCUT2D eigenvalue weighted by Gasteiger charge is -2.35. The van der Waals surface area contributed by atoms with E-state index in [0.717, 1.165) is 31.4 Å². The van der Waals surface area contributed by atoms with Gasteiger partial charge in [-0.25, -0.2) is 0 Å². The molecule has 0 aliphatic rings. The van der Waals surface area contributed by atoms with E-state index in [0.29, 0.717) is 5.02 Å². The molecule has 0 fully saturated rings. The molecule has 0 aliphatic heterocycles. The number of hydrogen-bond acceptors (Lipinski definition) is 3. The molecule has 4 nitrogen and oxygen atoms in total. The Hall–Kier alpha value is -1.10. The normalized spacial score (nSPS) is 14.1. The first-order valence-corrected chi connectivity index (χ1v) is 7.90. The molecule has 0 aromatic heterocycles. The third-order valence-electron chi connectivity index (χ3n) is 3.62. The maximum absolute atomic E-state index is 11.4. The fourth-order valence-electron chi connectivity index (χ4n) is 2.52. The predicted octanol–water partition coefficient (Wildman–Crippen LogP) is 2.71. The molecule has 5 heteroatoms. The summed E-state index contributed by atoms with van der Waals surface area (Å²) in [7, 11) is 0. The number of carbonyl (C=O) groups is 1. The van der Waals surface area contributed by atoms with Crippen molar-refractivity contribution in [3.8, 4) is 0 Å². The van der Waals surface area contributed by atoms with Gasteiger partial charge < -0.3 is 11.5 Å². The van der Waals surface area contributed by atoms with E-state index in [4.69, 9.17) is 23.1 Å². The molecule has 0 saturated heterocycles. The molecule has 118 valence electrons. The van der Waals surface area contributed by atoms with Crippen molar-refractivity contribution in [3.63, 3.8) is 0 Å². The van der Waals surface area contributed by atoms with Crippen LogP contribution in [0, 0.1) is 0 Å². The van der Waals surface area contributed by atoms with Gasteiger partial charge in [0.1, 0.15) is 0 Å². The molecule has 0 bridgehead atoms. The van der Waals surface area contributed by atoms with Gasteiger partial charge in [-0.3, -0.25) is 9.69 Å². The lowest BCUT2D eigenvalue weighted by atomic mass is 9.96. The molecule has 4 N–H and O–H groups in total. The average Bonchev–Trinajstić information content (AvgIpc) is 2.44. The Morgan fingerprint density at radius 3 is 2.62 bits per heavy atom. The lowest BCUT2D eigenvalue weighted by Crippen LogP contribution is -2.45. The van der Waals surface area contributed by atoms with Crippen molar-refractivity contribution in [2.24, 2.45) is 11.5 Å². The number of primary amides is 1. The summed E-state index contributed by atoms with van der Waals surface area (Å²) in [4.78, 5) is 13.5. The van der Waals surface area contributed by atoms with E-state index in [2.05, 4.69) is 11.8 Å². The number of amides is 1. The molecule has 0 aliphatic carbocycles. The van der Waals surface area contributed by atoms with E-state index in [1.807, 2.05) is 31.2 Å². The number of benzene rings is 1. The molecule has 2 atom stereocenters. The smallest absolute Gasteiger partial charge is 0.231 e. The van der Waals surface area contributed by atoms with Gasteiger partial charge >= 0.3 is 0 Å². The van der Waals surface area contributed by atoms with Crippen LogP contribution in [-0.2, 0) is 4.79 Å². The van der Waals surface area contributed by atoms with Crippen molar-refractivity contribution in [3.05, 3.63) is 34.9 Å². The second kappa shape index (κ2) is 9.03. The minimum Gasteiger partial charge on any atom is -0.369 e. The van der Waals surface area contributed by atoms with Crippen molar-refractivity contribution in [1.82, 2.24) is 4.90 Å². The van der Waals surface area contributed by atoms with Gasteiger partial charge in [-0.15, -0.1) is 0 Å². The molecule has 0 saturated carbocycles. The number of nitrogens with zero attached hydrogens (tertiary/aromatic N) is 1. The van der Waals surface area contributed by atoms with Crippen molar-refractivity contribution in [1.29, 1.82) is 0 Å². The van der Waals surface area contributed by atoms with Gasteiger partial charge in [0.2, 0.25) is 5.91 Å². The quantitative estimate of drug-likeness (QED) is 0.736. The number of unbranched alkanes of at least 4 members (excludes halogenated alkanes) is 1. The molecule has 1 aromatic carbocycles. The Bertz CT molecular complexity index is 453. The largest absolute Gasteiger partial charge is 0.369 e. The number of hydrogen-bond donors (Lipinski definition) is 2. The van der Waals surface area contributed by atoms with Crippen molar-refractivity contribution in [2.75, 3.05) is 13.1 Å². The van der Waals surface area contributed by atoms with E-state index in [1.165, 1.54) is 0 Å². The van der Waals surface area contributed by atoms with Crippen LogP contribution in [-0.4, -0.2) is 29.9 Å². The first-order valence-electron chi connectivity index (χ1n) is 7.53. The van der Waals surface area contributed by atoms with Crippen LogP contribution in [0.15, 0.2) is 24.3 Å². The Morgan fingerprint density at radius 1 is 1.38 bits per heavy atom. The molecule has 1 aromatic rings. The standard InChI is InChI=1S/C16H26ClN3O/c1-3-5-9-20(11-15(19)21)16(14(18)4-2)12-7-6-8-13(17)10-12/h6-8,10,14,16H,3-5,9,11,18H2,1-2H3,(H2,19,21). The molecule has 0 radical (unpaired) electrons. The molecule has 2 unspecified atom stereocenters. The summed E-state index contributed by atoms with van der Waals surface area (Å²) in [6.07, 6.45) is 2.87. The molecule has 0 spiro atoms. The molecule has 0 heterocycles. The second-order valence-electron chi connectivity index (χ2n) is 5.36. The summed E-state index contributed by atoms with van der Waals surface area (Å²) in [6, 6.07) is 7.56. The van der Waals surface area contributed by atoms with Gasteiger partial charge in [0.25, 0.3) is 0 Å². The van der Waals surface area contributed by atoms with Gasteiger partial charge in [-0.2, -0.15) is 0 Å². The van der Waals surface area contributed by atoms with E-state index >= 15 is 0 Å². The number of nitrogens with two attached hydrogens (primary N) is 2. The zero-order valence-electron chi connectivity index (χ0n) is 12.9. The number of halogens is 1. The summed E-state index contributed by atoms with van der Waals surface area (Å²) in [5.41, 5.74) is 12.8. The highest BCUT2D eigenvalue weighted by atomic mass is 35.5. The maximum Gasteiger partial charge on any atom is 0.231 e. The Kier molecular flexibility index (Phi) is 7.72. The van der Waals surface area contributed by atoms with E-state index < -0.39 is 0 Å². The average molecular weight is 312 g/mol. The van der Waals surface area contributed by atoms with Gasteiger partial charge in [0, 0.05) is 11.1 Å². The maximum atomic E-state index is 11.4. The van der Waals surface area contributed by atoms with Crippen LogP contribution in [0.3, 0.4) is 0 Å². The first kappa shape index (κ1) is 18.0. The minimum atomic E-state index is -0.332. The molecule has 21 heavy (non-hydrogen) atoms. The van der Waals surface area contributed by atoms with E-state index in [1.54, 1.807) is 0 Å². The highest BCUT2D eigenvalue weighted by Gasteiger charge is 2.26. The summed E-state index contributed by atoms with van der Waals surface area (Å²) in [5.74, 6) is -0.332. The Labute approximate surface area is 132 Å². The first-order chi connectivity index (χ1) is 9.99. The van der Waals surface area contributed by atoms with Crippen molar-refractivity contribution >= 4 is 17.5 Å². The highest BCUT2D eigenvalue weighted by molar-refractivity contribution is 6.30. The number of carbonyl (C=O) groups excluding carboxylic acids is 1. The molecular weight excluding hydrogens is 286 g/mol. The SMILES string of the molecule is CCCCN(CC(N)=O)C(c1cccc(Cl)c1)C(N)CC. The highest BCUT2D eigenvalue weighted by Crippen LogP contribution is 2.27.